The molecular weight excluding hydrogens is 230 g/mol. The minimum atomic E-state index is -1.26. The van der Waals surface area contributed by atoms with Gasteiger partial charge in [-0.1, -0.05) is 30.3 Å². The molecule has 1 aliphatic heterocycles. The molecule has 1 amide bonds. The maximum absolute atomic E-state index is 12.2. The molecule has 0 spiro atoms. The molecule has 1 aromatic rings. The van der Waals surface area contributed by atoms with Gasteiger partial charge in [0.25, 0.3) is 0 Å². The van der Waals surface area contributed by atoms with Crippen molar-refractivity contribution in [1.82, 2.24) is 4.90 Å². The fraction of sp³-hybridized carbons (Fsp3) is 0.429. The van der Waals surface area contributed by atoms with Crippen molar-refractivity contribution >= 4 is 11.9 Å². The molecule has 4 nitrogen and oxygen atoms in total. The van der Waals surface area contributed by atoms with Crippen LogP contribution < -0.4 is 0 Å². The van der Waals surface area contributed by atoms with Gasteiger partial charge in [0.15, 0.2) is 0 Å². The lowest BCUT2D eigenvalue weighted by Crippen LogP contribution is -2.50. The largest absolute Gasteiger partial charge is 0.480 e. The molecule has 1 aromatic carbocycles. The Balaban J connectivity index is 2.15. The molecule has 1 saturated heterocycles. The first-order chi connectivity index (χ1) is 8.54. The van der Waals surface area contributed by atoms with Crippen LogP contribution >= 0.6 is 0 Å². The predicted molar refractivity (Wildman–Crippen MR) is 66.8 cm³/mol. The maximum atomic E-state index is 12.2. The Morgan fingerprint density at radius 3 is 2.67 bits per heavy atom. The van der Waals surface area contributed by atoms with E-state index in [1.165, 1.54) is 6.92 Å². The van der Waals surface area contributed by atoms with Gasteiger partial charge < -0.3 is 10.0 Å². The first-order valence-corrected chi connectivity index (χ1v) is 6.11. The first-order valence-electron chi connectivity index (χ1n) is 6.11. The van der Waals surface area contributed by atoms with Crippen LogP contribution in [0.2, 0.25) is 0 Å². The molecule has 18 heavy (non-hydrogen) atoms. The Labute approximate surface area is 106 Å². The van der Waals surface area contributed by atoms with Gasteiger partial charge in [0, 0.05) is 13.1 Å². The molecule has 0 saturated carbocycles. The van der Waals surface area contributed by atoms with Crippen molar-refractivity contribution in [2.24, 2.45) is 5.41 Å². The number of carboxylic acids is 1. The number of piperidine rings is 1. The van der Waals surface area contributed by atoms with Gasteiger partial charge in [-0.25, -0.2) is 0 Å². The molecule has 0 aliphatic carbocycles. The van der Waals surface area contributed by atoms with Crippen LogP contribution in [0.5, 0.6) is 0 Å². The summed E-state index contributed by atoms with van der Waals surface area (Å²) in [5.41, 5.74) is -0.229. The molecule has 0 radical (unpaired) electrons. The number of amides is 1. The monoisotopic (exact) mass is 247 g/mol. The summed E-state index contributed by atoms with van der Waals surface area (Å²) in [5.74, 6) is -1.30. The van der Waals surface area contributed by atoms with E-state index in [9.17, 15) is 14.7 Å². The van der Waals surface area contributed by atoms with E-state index in [1.807, 2.05) is 30.3 Å². The second kappa shape index (κ2) is 4.80. The number of rotatable bonds is 3. The molecule has 1 heterocycles. The van der Waals surface area contributed by atoms with Crippen LogP contribution in [-0.4, -0.2) is 28.4 Å². The topological polar surface area (TPSA) is 57.6 Å². The third-order valence-corrected chi connectivity index (χ3v) is 3.55. The summed E-state index contributed by atoms with van der Waals surface area (Å²) >= 11 is 0. The summed E-state index contributed by atoms with van der Waals surface area (Å²) in [6.07, 6.45) is 1.16. The minimum absolute atomic E-state index is 0.273. The number of aliphatic carboxylic acids is 1. The fourth-order valence-electron chi connectivity index (χ4n) is 2.33. The zero-order valence-corrected chi connectivity index (χ0v) is 10.4. The first kappa shape index (κ1) is 12.6. The number of hydrogen-bond acceptors (Lipinski definition) is 2. The van der Waals surface area contributed by atoms with Gasteiger partial charge in [-0.05, 0) is 25.3 Å². The zero-order chi connectivity index (χ0) is 13.2. The summed E-state index contributed by atoms with van der Waals surface area (Å²) < 4.78 is 0. The van der Waals surface area contributed by atoms with Crippen molar-refractivity contribution in [1.29, 1.82) is 0 Å². The average molecular weight is 247 g/mol. The molecule has 1 unspecified atom stereocenters. The number of carbonyl (C=O) groups excluding carboxylic acids is 1. The lowest BCUT2D eigenvalue weighted by atomic mass is 9.81. The van der Waals surface area contributed by atoms with E-state index in [4.69, 9.17) is 0 Å². The molecule has 1 aliphatic rings. The molecule has 96 valence electrons. The second-order valence-electron chi connectivity index (χ2n) is 4.95. The summed E-state index contributed by atoms with van der Waals surface area (Å²) in [6, 6.07) is 9.64. The SMILES string of the molecule is CC1(C(=O)O)CCCN(Cc2ccccc2)C1=O. The van der Waals surface area contributed by atoms with Crippen molar-refractivity contribution in [2.75, 3.05) is 6.54 Å². The minimum Gasteiger partial charge on any atom is -0.480 e. The highest BCUT2D eigenvalue weighted by molar-refractivity contribution is 6.01. The zero-order valence-electron chi connectivity index (χ0n) is 10.4. The van der Waals surface area contributed by atoms with E-state index in [1.54, 1.807) is 4.90 Å². The van der Waals surface area contributed by atoms with Crippen LogP contribution in [0.25, 0.3) is 0 Å². The summed E-state index contributed by atoms with van der Waals surface area (Å²) in [6.45, 7) is 2.65. The van der Waals surface area contributed by atoms with E-state index in [0.29, 0.717) is 19.5 Å². The molecule has 1 fully saturated rings. The van der Waals surface area contributed by atoms with Crippen LogP contribution in [-0.2, 0) is 16.1 Å². The number of carboxylic acid groups (broad SMARTS) is 1. The van der Waals surface area contributed by atoms with Crippen LogP contribution in [0, 0.1) is 5.41 Å². The van der Waals surface area contributed by atoms with Gasteiger partial charge in [-0.2, -0.15) is 0 Å². The van der Waals surface area contributed by atoms with Crippen LogP contribution in [0.3, 0.4) is 0 Å². The highest BCUT2D eigenvalue weighted by atomic mass is 16.4. The highest BCUT2D eigenvalue weighted by Crippen LogP contribution is 2.31. The normalized spacial score (nSPS) is 24.1. The number of nitrogens with zero attached hydrogens (tertiary/aromatic N) is 1. The Morgan fingerprint density at radius 2 is 2.06 bits per heavy atom. The smallest absolute Gasteiger partial charge is 0.318 e. The number of benzene rings is 1. The quantitative estimate of drug-likeness (QED) is 0.830. The number of hydrogen-bond donors (Lipinski definition) is 1. The average Bonchev–Trinajstić information content (AvgIpc) is 2.36. The van der Waals surface area contributed by atoms with Crippen molar-refractivity contribution in [3.05, 3.63) is 35.9 Å². The fourth-order valence-corrected chi connectivity index (χ4v) is 2.33. The van der Waals surface area contributed by atoms with Crippen molar-refractivity contribution < 1.29 is 14.7 Å². The number of likely N-dealkylation sites (tertiary alicyclic amines) is 1. The molecule has 2 rings (SSSR count). The summed E-state index contributed by atoms with van der Waals surface area (Å²) in [7, 11) is 0. The lowest BCUT2D eigenvalue weighted by Gasteiger charge is -2.36. The van der Waals surface area contributed by atoms with Gasteiger partial charge in [0.1, 0.15) is 5.41 Å². The van der Waals surface area contributed by atoms with E-state index in [0.717, 1.165) is 12.0 Å². The third kappa shape index (κ3) is 2.23. The van der Waals surface area contributed by atoms with Gasteiger partial charge in [0.2, 0.25) is 5.91 Å². The molecule has 4 heteroatoms. The molecular formula is C14H17NO3. The van der Waals surface area contributed by atoms with Crippen molar-refractivity contribution in [2.45, 2.75) is 26.3 Å². The predicted octanol–water partition coefficient (Wildman–Crippen LogP) is 1.90. The van der Waals surface area contributed by atoms with E-state index < -0.39 is 11.4 Å². The second-order valence-corrected chi connectivity index (χ2v) is 4.95. The number of carbonyl (C=O) groups is 2. The maximum Gasteiger partial charge on any atom is 0.318 e. The Morgan fingerprint density at radius 1 is 1.39 bits per heavy atom. The summed E-state index contributed by atoms with van der Waals surface area (Å²) in [4.78, 5) is 25.1. The highest BCUT2D eigenvalue weighted by Gasteiger charge is 2.46. The lowest BCUT2D eigenvalue weighted by molar-refractivity contribution is -0.163. The van der Waals surface area contributed by atoms with Gasteiger partial charge in [-0.15, -0.1) is 0 Å². The van der Waals surface area contributed by atoms with Gasteiger partial charge in [0.05, 0.1) is 0 Å². The molecule has 1 N–H and O–H groups in total. The van der Waals surface area contributed by atoms with E-state index >= 15 is 0 Å². The van der Waals surface area contributed by atoms with Gasteiger partial charge in [-0.3, -0.25) is 9.59 Å². The van der Waals surface area contributed by atoms with Crippen molar-refractivity contribution in [3.63, 3.8) is 0 Å². The standard InChI is InChI=1S/C14H17NO3/c1-14(13(17)18)8-5-9-15(12(14)16)10-11-6-3-2-4-7-11/h2-4,6-7H,5,8-10H2,1H3,(H,17,18). The van der Waals surface area contributed by atoms with Crippen LogP contribution in [0.15, 0.2) is 30.3 Å². The molecule has 0 bridgehead atoms. The van der Waals surface area contributed by atoms with Crippen molar-refractivity contribution in [3.8, 4) is 0 Å². The van der Waals surface area contributed by atoms with E-state index in [-0.39, 0.29) is 5.91 Å². The Kier molecular flexibility index (Phi) is 3.36. The van der Waals surface area contributed by atoms with Crippen LogP contribution in [0.1, 0.15) is 25.3 Å². The van der Waals surface area contributed by atoms with E-state index in [2.05, 4.69) is 0 Å². The Hall–Kier alpha value is -1.84. The summed E-state index contributed by atoms with van der Waals surface area (Å²) in [5, 5.41) is 9.20. The van der Waals surface area contributed by atoms with Crippen LogP contribution in [0.4, 0.5) is 0 Å². The Bertz CT molecular complexity index is 457. The molecule has 0 aromatic heterocycles. The van der Waals surface area contributed by atoms with Gasteiger partial charge >= 0.3 is 5.97 Å². The third-order valence-electron chi connectivity index (χ3n) is 3.55. The molecule has 1 atom stereocenters.